The molecule has 0 heterocycles. The smallest absolute Gasteiger partial charge is 0.116 e. The van der Waals surface area contributed by atoms with Gasteiger partial charge in [-0.15, -0.1) is 0 Å². The molecule has 0 bridgehead atoms. The number of phenolic OH excluding ortho intramolecular Hbond substituents is 1. The van der Waals surface area contributed by atoms with Crippen LogP contribution in [0.15, 0.2) is 22.7 Å². The molecule has 0 amide bonds. The van der Waals surface area contributed by atoms with Gasteiger partial charge >= 0.3 is 0 Å². The molecule has 0 atom stereocenters. The second-order valence-corrected chi connectivity index (χ2v) is 4.80. The van der Waals surface area contributed by atoms with Crippen molar-refractivity contribution in [3.05, 3.63) is 28.2 Å². The quantitative estimate of drug-likeness (QED) is 0.839. The van der Waals surface area contributed by atoms with Crippen LogP contribution in [0, 0.1) is 0 Å². The lowest BCUT2D eigenvalue weighted by molar-refractivity contribution is 0.473. The summed E-state index contributed by atoms with van der Waals surface area (Å²) >= 11 is 3.38. The minimum atomic E-state index is -0.223. The number of hydrogen-bond donors (Lipinski definition) is 2. The topological polar surface area (TPSA) is 46.2 Å². The first kappa shape index (κ1) is 10.5. The van der Waals surface area contributed by atoms with E-state index < -0.39 is 0 Å². The van der Waals surface area contributed by atoms with Crippen molar-refractivity contribution < 1.29 is 5.11 Å². The first-order valence-electron chi connectivity index (χ1n) is 4.15. The van der Waals surface area contributed by atoms with Crippen molar-refractivity contribution in [1.29, 1.82) is 0 Å². The highest BCUT2D eigenvalue weighted by atomic mass is 79.9. The molecule has 0 aliphatic rings. The fourth-order valence-electron chi connectivity index (χ4n) is 1.17. The van der Waals surface area contributed by atoms with Crippen molar-refractivity contribution in [2.24, 2.45) is 5.73 Å². The van der Waals surface area contributed by atoms with Crippen LogP contribution in [0.5, 0.6) is 5.75 Å². The Labute approximate surface area is 86.9 Å². The van der Waals surface area contributed by atoms with E-state index in [-0.39, 0.29) is 11.3 Å². The maximum Gasteiger partial charge on any atom is 0.116 e. The minimum absolute atomic E-state index is 0.223. The molecule has 0 spiro atoms. The van der Waals surface area contributed by atoms with Gasteiger partial charge in [-0.2, -0.15) is 0 Å². The van der Waals surface area contributed by atoms with Gasteiger partial charge in [0.25, 0.3) is 0 Å². The molecule has 1 aromatic carbocycles. The average molecular weight is 244 g/mol. The molecule has 0 aliphatic carbocycles. The zero-order valence-corrected chi connectivity index (χ0v) is 9.43. The second kappa shape index (κ2) is 3.68. The van der Waals surface area contributed by atoms with Gasteiger partial charge in [-0.1, -0.05) is 22.0 Å². The molecule has 2 nitrogen and oxygen atoms in total. The van der Waals surface area contributed by atoms with E-state index in [0.29, 0.717) is 0 Å². The van der Waals surface area contributed by atoms with Gasteiger partial charge in [-0.25, -0.2) is 0 Å². The van der Waals surface area contributed by atoms with Gasteiger partial charge in [0.05, 0.1) is 0 Å². The van der Waals surface area contributed by atoms with Gasteiger partial charge in [-0.3, -0.25) is 0 Å². The first-order chi connectivity index (χ1) is 5.88. The summed E-state index contributed by atoms with van der Waals surface area (Å²) in [6, 6.07) is 5.24. The third kappa shape index (κ3) is 3.36. The molecule has 1 rings (SSSR count). The molecule has 0 unspecified atom stereocenters. The van der Waals surface area contributed by atoms with E-state index in [4.69, 9.17) is 5.73 Å². The average Bonchev–Trinajstić information content (AvgIpc) is 1.93. The SMILES string of the molecule is CC(C)(N)Cc1ccc(O)cc1Br. The maximum atomic E-state index is 9.17. The highest BCUT2D eigenvalue weighted by Crippen LogP contribution is 2.24. The van der Waals surface area contributed by atoms with Crippen LogP contribution < -0.4 is 5.73 Å². The molecule has 3 heteroatoms. The van der Waals surface area contributed by atoms with Crippen molar-refractivity contribution in [1.82, 2.24) is 0 Å². The fraction of sp³-hybridized carbons (Fsp3) is 0.400. The molecule has 72 valence electrons. The standard InChI is InChI=1S/C10H14BrNO/c1-10(2,12)6-7-3-4-8(13)5-9(7)11/h3-5,13H,6,12H2,1-2H3. The number of aromatic hydroxyl groups is 1. The van der Waals surface area contributed by atoms with E-state index in [2.05, 4.69) is 15.9 Å². The van der Waals surface area contributed by atoms with Gasteiger partial charge in [-0.05, 0) is 38.0 Å². The molecule has 0 aromatic heterocycles. The number of halogens is 1. The van der Waals surface area contributed by atoms with Gasteiger partial charge in [0.15, 0.2) is 0 Å². The first-order valence-corrected chi connectivity index (χ1v) is 4.94. The van der Waals surface area contributed by atoms with Crippen LogP contribution in [-0.4, -0.2) is 10.6 Å². The van der Waals surface area contributed by atoms with E-state index in [0.717, 1.165) is 16.5 Å². The fourth-order valence-corrected chi connectivity index (χ4v) is 1.68. The highest BCUT2D eigenvalue weighted by Gasteiger charge is 2.13. The monoisotopic (exact) mass is 243 g/mol. The lowest BCUT2D eigenvalue weighted by atomic mass is 9.96. The van der Waals surface area contributed by atoms with Gasteiger partial charge < -0.3 is 10.8 Å². The van der Waals surface area contributed by atoms with Crippen molar-refractivity contribution in [3.63, 3.8) is 0 Å². The van der Waals surface area contributed by atoms with E-state index in [1.54, 1.807) is 12.1 Å². The second-order valence-electron chi connectivity index (χ2n) is 3.94. The molecule has 0 aliphatic heterocycles. The minimum Gasteiger partial charge on any atom is -0.508 e. The molecule has 0 fully saturated rings. The van der Waals surface area contributed by atoms with E-state index in [1.807, 2.05) is 19.9 Å². The predicted octanol–water partition coefficient (Wildman–Crippen LogP) is 2.43. The van der Waals surface area contributed by atoms with E-state index in [1.165, 1.54) is 0 Å². The summed E-state index contributed by atoms with van der Waals surface area (Å²) in [7, 11) is 0. The van der Waals surface area contributed by atoms with Crippen molar-refractivity contribution in [2.45, 2.75) is 25.8 Å². The molecule has 13 heavy (non-hydrogen) atoms. The van der Waals surface area contributed by atoms with Gasteiger partial charge in [0, 0.05) is 10.0 Å². The lowest BCUT2D eigenvalue weighted by Gasteiger charge is -2.19. The molecule has 0 saturated heterocycles. The predicted molar refractivity (Wildman–Crippen MR) is 57.8 cm³/mol. The third-order valence-electron chi connectivity index (χ3n) is 1.68. The number of phenols is 1. The van der Waals surface area contributed by atoms with Crippen LogP contribution >= 0.6 is 15.9 Å². The van der Waals surface area contributed by atoms with Crippen LogP contribution in [0.1, 0.15) is 19.4 Å². The Hall–Kier alpha value is -0.540. The van der Waals surface area contributed by atoms with Crippen LogP contribution in [0.25, 0.3) is 0 Å². The summed E-state index contributed by atoms with van der Waals surface area (Å²) in [4.78, 5) is 0. The van der Waals surface area contributed by atoms with Crippen LogP contribution in [0.4, 0.5) is 0 Å². The molecular formula is C10H14BrNO. The number of nitrogens with two attached hydrogens (primary N) is 1. The van der Waals surface area contributed by atoms with Gasteiger partial charge in [0.1, 0.15) is 5.75 Å². The number of rotatable bonds is 2. The van der Waals surface area contributed by atoms with Crippen molar-refractivity contribution in [2.75, 3.05) is 0 Å². The largest absolute Gasteiger partial charge is 0.508 e. The molecule has 0 saturated carbocycles. The number of benzene rings is 1. The normalized spacial score (nSPS) is 11.7. The Bertz CT molecular complexity index is 304. The van der Waals surface area contributed by atoms with Crippen molar-refractivity contribution in [3.8, 4) is 5.75 Å². The molecule has 1 aromatic rings. The zero-order valence-electron chi connectivity index (χ0n) is 7.84. The molecular weight excluding hydrogens is 230 g/mol. The summed E-state index contributed by atoms with van der Waals surface area (Å²) in [5.74, 6) is 0.269. The van der Waals surface area contributed by atoms with E-state index >= 15 is 0 Å². The zero-order chi connectivity index (χ0) is 10.1. The van der Waals surface area contributed by atoms with E-state index in [9.17, 15) is 5.11 Å². The summed E-state index contributed by atoms with van der Waals surface area (Å²) in [6.45, 7) is 3.96. The Morgan fingerprint density at radius 2 is 2.08 bits per heavy atom. The number of hydrogen-bond acceptors (Lipinski definition) is 2. The Morgan fingerprint density at radius 1 is 1.46 bits per heavy atom. The Balaban J connectivity index is 2.90. The van der Waals surface area contributed by atoms with Crippen molar-refractivity contribution >= 4 is 15.9 Å². The third-order valence-corrected chi connectivity index (χ3v) is 2.42. The van der Waals surface area contributed by atoms with Crippen LogP contribution in [0.3, 0.4) is 0 Å². The van der Waals surface area contributed by atoms with Gasteiger partial charge in [0.2, 0.25) is 0 Å². The summed E-state index contributed by atoms with van der Waals surface area (Å²) in [6.07, 6.45) is 0.786. The van der Waals surface area contributed by atoms with Crippen LogP contribution in [-0.2, 0) is 6.42 Å². The van der Waals surface area contributed by atoms with Crippen LogP contribution in [0.2, 0.25) is 0 Å². The maximum absolute atomic E-state index is 9.17. The highest BCUT2D eigenvalue weighted by molar-refractivity contribution is 9.10. The lowest BCUT2D eigenvalue weighted by Crippen LogP contribution is -2.34. The summed E-state index contributed by atoms with van der Waals surface area (Å²) in [5.41, 5.74) is 6.78. The summed E-state index contributed by atoms with van der Waals surface area (Å²) in [5, 5.41) is 9.17. The molecule has 0 radical (unpaired) electrons. The molecule has 3 N–H and O–H groups in total. The Morgan fingerprint density at radius 3 is 2.54 bits per heavy atom. The summed E-state index contributed by atoms with van der Waals surface area (Å²) < 4.78 is 0.908. The Kier molecular flexibility index (Phi) is 2.98.